The van der Waals surface area contributed by atoms with Gasteiger partial charge in [0.15, 0.2) is 5.60 Å². The Morgan fingerprint density at radius 3 is 2.07 bits per heavy atom. The van der Waals surface area contributed by atoms with Gasteiger partial charge in [0.1, 0.15) is 0 Å². The van der Waals surface area contributed by atoms with Crippen LogP contribution < -0.4 is 0 Å². The van der Waals surface area contributed by atoms with Gasteiger partial charge < -0.3 is 5.11 Å². The minimum atomic E-state index is -4.46. The maximum Gasteiger partial charge on any atom is 0.417 e. The van der Waals surface area contributed by atoms with Gasteiger partial charge in [-0.15, -0.1) is 0 Å². The van der Waals surface area contributed by atoms with E-state index in [-0.39, 0.29) is 18.8 Å². The molecule has 1 N–H and O–H groups in total. The largest absolute Gasteiger partial charge is 0.417 e. The van der Waals surface area contributed by atoms with Gasteiger partial charge in [0.05, 0.1) is 0 Å². The fourth-order valence-corrected chi connectivity index (χ4v) is 1.78. The highest BCUT2D eigenvalue weighted by atomic mass is 19.4. The molecule has 4 heteroatoms. The summed E-state index contributed by atoms with van der Waals surface area (Å²) in [6.45, 7) is 5.75. The van der Waals surface area contributed by atoms with Gasteiger partial charge in [-0.1, -0.05) is 27.2 Å². The lowest BCUT2D eigenvalue weighted by atomic mass is 9.78. The number of alkyl halides is 3. The lowest BCUT2D eigenvalue weighted by Crippen LogP contribution is -2.48. The Morgan fingerprint density at radius 1 is 1.29 bits per heavy atom. The van der Waals surface area contributed by atoms with Crippen molar-refractivity contribution in [1.82, 2.24) is 0 Å². The van der Waals surface area contributed by atoms with Crippen molar-refractivity contribution in [2.75, 3.05) is 0 Å². The Morgan fingerprint density at radius 2 is 1.79 bits per heavy atom. The summed E-state index contributed by atoms with van der Waals surface area (Å²) < 4.78 is 36.7. The smallest absolute Gasteiger partial charge is 0.380 e. The zero-order chi connectivity index (χ0) is 11.4. The Balaban J connectivity index is 0.000000791. The van der Waals surface area contributed by atoms with Crippen LogP contribution in [-0.2, 0) is 0 Å². The van der Waals surface area contributed by atoms with Crippen LogP contribution in [0.4, 0.5) is 13.2 Å². The molecule has 86 valence electrons. The van der Waals surface area contributed by atoms with Crippen LogP contribution in [0.15, 0.2) is 0 Å². The van der Waals surface area contributed by atoms with Crippen LogP contribution in [0.1, 0.15) is 46.5 Å². The number of hydrogen-bond donors (Lipinski definition) is 1. The summed E-state index contributed by atoms with van der Waals surface area (Å²) in [6.07, 6.45) is -3.48. The molecule has 0 radical (unpaired) electrons. The molecule has 0 aliphatic heterocycles. The monoisotopic (exact) mass is 212 g/mol. The maximum absolute atomic E-state index is 12.2. The second-order valence-electron chi connectivity index (χ2n) is 3.73. The first-order valence-corrected chi connectivity index (χ1v) is 5.14. The summed E-state index contributed by atoms with van der Waals surface area (Å²) in [5.41, 5.74) is -2.41. The average molecular weight is 212 g/mol. The van der Waals surface area contributed by atoms with E-state index in [0.29, 0.717) is 6.42 Å². The van der Waals surface area contributed by atoms with Gasteiger partial charge in [0.25, 0.3) is 0 Å². The lowest BCUT2D eigenvalue weighted by molar-refractivity contribution is -0.273. The highest BCUT2D eigenvalue weighted by Gasteiger charge is 2.54. The van der Waals surface area contributed by atoms with Crippen molar-refractivity contribution in [3.63, 3.8) is 0 Å². The van der Waals surface area contributed by atoms with Gasteiger partial charge in [-0.3, -0.25) is 0 Å². The normalized spacial score (nSPS) is 33.2. The predicted octanol–water partition coefficient (Wildman–Crippen LogP) is 3.52. The number of aliphatic hydroxyl groups is 1. The Bertz CT molecular complexity index is 167. The SMILES string of the molecule is CC.CC1CCCC(O)(C(F)(F)F)C1. The molecule has 0 aromatic rings. The molecule has 0 aromatic carbocycles. The van der Waals surface area contributed by atoms with E-state index < -0.39 is 11.8 Å². The zero-order valence-electron chi connectivity index (χ0n) is 8.99. The quantitative estimate of drug-likeness (QED) is 0.651. The summed E-state index contributed by atoms with van der Waals surface area (Å²) in [5, 5.41) is 9.25. The summed E-state index contributed by atoms with van der Waals surface area (Å²) in [4.78, 5) is 0. The van der Waals surface area contributed by atoms with E-state index in [4.69, 9.17) is 0 Å². The molecule has 2 unspecified atom stereocenters. The van der Waals surface area contributed by atoms with E-state index >= 15 is 0 Å². The molecule has 1 aliphatic carbocycles. The van der Waals surface area contributed by atoms with E-state index in [1.54, 1.807) is 6.92 Å². The van der Waals surface area contributed by atoms with Crippen LogP contribution in [0.2, 0.25) is 0 Å². The first-order valence-electron chi connectivity index (χ1n) is 5.14. The number of rotatable bonds is 0. The van der Waals surface area contributed by atoms with Crippen LogP contribution in [0, 0.1) is 5.92 Å². The Labute approximate surface area is 83.3 Å². The summed E-state index contributed by atoms with van der Waals surface area (Å²) >= 11 is 0. The van der Waals surface area contributed by atoms with Gasteiger partial charge in [0.2, 0.25) is 0 Å². The molecule has 0 bridgehead atoms. The summed E-state index contributed by atoms with van der Waals surface area (Å²) in [6, 6.07) is 0. The predicted molar refractivity (Wildman–Crippen MR) is 50.0 cm³/mol. The fourth-order valence-electron chi connectivity index (χ4n) is 1.78. The maximum atomic E-state index is 12.2. The highest BCUT2D eigenvalue weighted by molar-refractivity contribution is 4.91. The molecule has 0 spiro atoms. The van der Waals surface area contributed by atoms with Gasteiger partial charge in [-0.25, -0.2) is 0 Å². The Kier molecular flexibility index (Phi) is 4.92. The molecule has 1 rings (SSSR count). The molecule has 1 nitrogen and oxygen atoms in total. The van der Waals surface area contributed by atoms with Gasteiger partial charge >= 0.3 is 6.18 Å². The fraction of sp³-hybridized carbons (Fsp3) is 1.00. The molecule has 0 heterocycles. The second kappa shape index (κ2) is 5.01. The molecule has 1 aliphatic rings. The van der Waals surface area contributed by atoms with Crippen molar-refractivity contribution >= 4 is 0 Å². The second-order valence-corrected chi connectivity index (χ2v) is 3.73. The van der Waals surface area contributed by atoms with Crippen molar-refractivity contribution in [3.8, 4) is 0 Å². The van der Waals surface area contributed by atoms with Crippen molar-refractivity contribution in [2.45, 2.75) is 58.2 Å². The minimum Gasteiger partial charge on any atom is -0.380 e. The highest BCUT2D eigenvalue weighted by Crippen LogP contribution is 2.43. The number of halogens is 3. The standard InChI is InChI=1S/C8H13F3O.C2H6/c1-6-3-2-4-7(12,5-6)8(9,10)11;1-2/h6,12H,2-5H2,1H3;1-2H3. The Hall–Kier alpha value is -0.250. The van der Waals surface area contributed by atoms with E-state index in [1.807, 2.05) is 13.8 Å². The van der Waals surface area contributed by atoms with Gasteiger partial charge in [-0.05, 0) is 25.2 Å². The first-order chi connectivity index (χ1) is 6.35. The minimum absolute atomic E-state index is 0.0228. The average Bonchev–Trinajstić information content (AvgIpc) is 2.05. The summed E-state index contributed by atoms with van der Waals surface area (Å²) in [7, 11) is 0. The lowest BCUT2D eigenvalue weighted by Gasteiger charge is -2.36. The van der Waals surface area contributed by atoms with Crippen LogP contribution >= 0.6 is 0 Å². The van der Waals surface area contributed by atoms with Gasteiger partial charge in [-0.2, -0.15) is 13.2 Å². The molecule has 0 amide bonds. The number of hydrogen-bond acceptors (Lipinski definition) is 1. The van der Waals surface area contributed by atoms with Crippen LogP contribution in [0.3, 0.4) is 0 Å². The zero-order valence-corrected chi connectivity index (χ0v) is 8.99. The van der Waals surface area contributed by atoms with Crippen LogP contribution in [0.25, 0.3) is 0 Å². The van der Waals surface area contributed by atoms with Crippen LogP contribution in [-0.4, -0.2) is 16.9 Å². The van der Waals surface area contributed by atoms with Crippen molar-refractivity contribution in [1.29, 1.82) is 0 Å². The topological polar surface area (TPSA) is 20.2 Å². The third-order valence-electron chi connectivity index (χ3n) is 2.50. The molecular weight excluding hydrogens is 193 g/mol. The van der Waals surface area contributed by atoms with Gasteiger partial charge in [0, 0.05) is 0 Å². The molecular formula is C10H19F3O. The molecule has 1 saturated carbocycles. The molecule has 14 heavy (non-hydrogen) atoms. The van der Waals surface area contributed by atoms with Crippen molar-refractivity contribution in [3.05, 3.63) is 0 Å². The van der Waals surface area contributed by atoms with E-state index in [0.717, 1.165) is 6.42 Å². The molecule has 0 aromatic heterocycles. The molecule has 1 fully saturated rings. The van der Waals surface area contributed by atoms with E-state index in [1.165, 1.54) is 0 Å². The third kappa shape index (κ3) is 3.15. The first kappa shape index (κ1) is 13.8. The molecule has 0 saturated heterocycles. The third-order valence-corrected chi connectivity index (χ3v) is 2.50. The molecule has 2 atom stereocenters. The van der Waals surface area contributed by atoms with Crippen LogP contribution in [0.5, 0.6) is 0 Å². The van der Waals surface area contributed by atoms with Crippen molar-refractivity contribution in [2.24, 2.45) is 5.92 Å². The van der Waals surface area contributed by atoms with E-state index in [9.17, 15) is 18.3 Å². The van der Waals surface area contributed by atoms with E-state index in [2.05, 4.69) is 0 Å². The summed E-state index contributed by atoms with van der Waals surface area (Å²) in [5.74, 6) is -0.0228. The van der Waals surface area contributed by atoms with Crippen molar-refractivity contribution < 1.29 is 18.3 Å².